The standard InChI is InChI=1S/C67H43B3N4O2/c1-42-36-63-67-64(37-42)76-62-41-60-50(69-48-29-15-17-31-54(48)72(44-22-8-3-9-23-44)56-33-19-35-58(66(56)69)74(60)46-26-12-5-13-27-46)39-52(62)70(67)51-38-49-59(40-61(51)75-63)73(45-24-10-4-11-25-45)57-34-18-32-55-65(57)68(49)47-28-14-16-30-53(47)71(55)43-20-6-2-7-21-43/h2-41H,1H3. The molecule has 0 fully saturated rings. The van der Waals surface area contributed by atoms with Crippen molar-refractivity contribution < 1.29 is 9.47 Å². The lowest BCUT2D eigenvalue weighted by molar-refractivity contribution is 0.464. The summed E-state index contributed by atoms with van der Waals surface area (Å²) in [6.07, 6.45) is 0. The van der Waals surface area contributed by atoms with E-state index in [2.05, 4.69) is 269 Å². The quantitative estimate of drug-likeness (QED) is 0.163. The largest absolute Gasteiger partial charge is 0.458 e. The Hall–Kier alpha value is -9.59. The molecule has 6 heterocycles. The van der Waals surface area contributed by atoms with Crippen LogP contribution in [0.5, 0.6) is 23.0 Å². The molecule has 0 spiro atoms. The van der Waals surface area contributed by atoms with E-state index in [-0.39, 0.29) is 20.1 Å². The van der Waals surface area contributed by atoms with Crippen molar-refractivity contribution in [2.45, 2.75) is 6.92 Å². The minimum atomic E-state index is -0.198. The lowest BCUT2D eigenvalue weighted by Crippen LogP contribution is -2.65. The highest BCUT2D eigenvalue weighted by atomic mass is 16.5. The van der Waals surface area contributed by atoms with Gasteiger partial charge in [-0.05, 0) is 153 Å². The molecule has 6 aliphatic rings. The summed E-state index contributed by atoms with van der Waals surface area (Å²) in [4.78, 5) is 9.83. The second-order valence-electron chi connectivity index (χ2n) is 20.8. The second-order valence-corrected chi connectivity index (χ2v) is 20.8. The minimum absolute atomic E-state index is 0.0648. The number of benzene rings is 11. The Bertz CT molecular complexity index is 3990. The first-order chi connectivity index (χ1) is 37.6. The molecular weight excluding hydrogens is 925 g/mol. The van der Waals surface area contributed by atoms with Crippen LogP contribution in [0.15, 0.2) is 243 Å². The molecule has 6 aliphatic heterocycles. The topological polar surface area (TPSA) is 31.4 Å². The van der Waals surface area contributed by atoms with Crippen molar-refractivity contribution >= 4 is 138 Å². The maximum absolute atomic E-state index is 7.28. The predicted molar refractivity (Wildman–Crippen MR) is 317 cm³/mol. The van der Waals surface area contributed by atoms with Gasteiger partial charge in [-0.1, -0.05) is 133 Å². The molecule has 0 unspecified atom stereocenters. The average molecular weight is 969 g/mol. The van der Waals surface area contributed by atoms with E-state index in [1.807, 2.05) is 0 Å². The van der Waals surface area contributed by atoms with Gasteiger partial charge in [0.2, 0.25) is 0 Å². The van der Waals surface area contributed by atoms with Crippen LogP contribution in [0.4, 0.5) is 68.2 Å². The summed E-state index contributed by atoms with van der Waals surface area (Å²) in [5, 5.41) is 0. The van der Waals surface area contributed by atoms with Gasteiger partial charge in [0.15, 0.2) is 0 Å². The van der Waals surface area contributed by atoms with E-state index in [9.17, 15) is 0 Å². The average Bonchev–Trinajstić information content (AvgIpc) is 3.53. The van der Waals surface area contributed by atoms with Gasteiger partial charge in [0, 0.05) is 85.8 Å². The van der Waals surface area contributed by atoms with E-state index in [1.165, 1.54) is 55.5 Å². The Balaban J connectivity index is 0.929. The highest BCUT2D eigenvalue weighted by Crippen LogP contribution is 2.48. The molecule has 11 aromatic carbocycles. The molecule has 76 heavy (non-hydrogen) atoms. The maximum atomic E-state index is 7.28. The van der Waals surface area contributed by atoms with Crippen molar-refractivity contribution in [3.8, 4) is 23.0 Å². The van der Waals surface area contributed by atoms with Gasteiger partial charge in [-0.2, -0.15) is 0 Å². The Morgan fingerprint density at radius 3 is 0.947 bits per heavy atom. The van der Waals surface area contributed by atoms with Gasteiger partial charge in [-0.3, -0.25) is 0 Å². The molecule has 0 radical (unpaired) electrons. The van der Waals surface area contributed by atoms with Crippen molar-refractivity contribution in [1.82, 2.24) is 0 Å². The van der Waals surface area contributed by atoms with Crippen LogP contribution < -0.4 is 78.2 Å². The number of ether oxygens (including phenoxy) is 2. The van der Waals surface area contributed by atoms with E-state index >= 15 is 0 Å². The summed E-state index contributed by atoms with van der Waals surface area (Å²) in [5.41, 5.74) is 25.7. The number of hydrogen-bond acceptors (Lipinski definition) is 6. The lowest BCUT2D eigenvalue weighted by atomic mass is 9.29. The molecule has 9 heteroatoms. The molecule has 0 atom stereocenters. The van der Waals surface area contributed by atoms with E-state index in [0.717, 1.165) is 90.4 Å². The summed E-state index contributed by atoms with van der Waals surface area (Å²) in [6.45, 7) is 1.81. The number of rotatable bonds is 4. The third-order valence-corrected chi connectivity index (χ3v) is 16.7. The molecule has 6 nitrogen and oxygen atoms in total. The third kappa shape index (κ3) is 5.74. The normalized spacial score (nSPS) is 14.1. The molecule has 0 aliphatic carbocycles. The van der Waals surface area contributed by atoms with Crippen LogP contribution in [0.2, 0.25) is 0 Å². The summed E-state index contributed by atoms with van der Waals surface area (Å²) in [7, 11) is 0. The zero-order chi connectivity index (χ0) is 49.8. The smallest absolute Gasteiger partial charge is 0.260 e. The Kier molecular flexibility index (Phi) is 8.65. The molecule has 0 amide bonds. The molecule has 0 saturated carbocycles. The van der Waals surface area contributed by atoms with Gasteiger partial charge in [0.05, 0.1) is 0 Å². The van der Waals surface area contributed by atoms with Crippen LogP contribution >= 0.6 is 0 Å². The van der Waals surface area contributed by atoms with E-state index in [4.69, 9.17) is 9.47 Å². The first-order valence-electron chi connectivity index (χ1n) is 26.3. The van der Waals surface area contributed by atoms with Crippen LogP contribution in [-0.4, -0.2) is 20.1 Å². The Morgan fingerprint density at radius 1 is 0.250 bits per heavy atom. The first-order valence-corrected chi connectivity index (χ1v) is 26.3. The number of anilines is 12. The minimum Gasteiger partial charge on any atom is -0.458 e. The molecule has 11 aromatic rings. The van der Waals surface area contributed by atoms with Gasteiger partial charge in [0.1, 0.15) is 23.0 Å². The number of fused-ring (bicyclic) bond motifs is 12. The first kappa shape index (κ1) is 41.8. The zero-order valence-corrected chi connectivity index (χ0v) is 41.4. The zero-order valence-electron chi connectivity index (χ0n) is 41.4. The summed E-state index contributed by atoms with van der Waals surface area (Å²) in [5.74, 6) is 3.38. The van der Waals surface area contributed by atoms with Crippen molar-refractivity contribution in [2.24, 2.45) is 0 Å². The van der Waals surface area contributed by atoms with Gasteiger partial charge >= 0.3 is 0 Å². The molecule has 0 aromatic heterocycles. The van der Waals surface area contributed by atoms with Crippen molar-refractivity contribution in [3.63, 3.8) is 0 Å². The van der Waals surface area contributed by atoms with Crippen LogP contribution in [0.25, 0.3) is 0 Å². The lowest BCUT2D eigenvalue weighted by Gasteiger charge is -2.45. The van der Waals surface area contributed by atoms with Gasteiger partial charge in [-0.25, -0.2) is 0 Å². The molecule has 0 saturated heterocycles. The van der Waals surface area contributed by atoms with Crippen LogP contribution in [0.3, 0.4) is 0 Å². The summed E-state index contributed by atoms with van der Waals surface area (Å²) in [6, 6.07) is 89.0. The predicted octanol–water partition coefficient (Wildman–Crippen LogP) is 10.9. The Labute approximate surface area is 442 Å². The van der Waals surface area contributed by atoms with E-state index < -0.39 is 0 Å². The number of para-hydroxylation sites is 6. The third-order valence-electron chi connectivity index (χ3n) is 16.7. The van der Waals surface area contributed by atoms with E-state index in [0.29, 0.717) is 0 Å². The SMILES string of the molecule is Cc1cc2c3c(c1)Oc1cc4c(cc1B3c1cc3c(cc1O2)N(c1ccccc1)c1cccc2c1B3c1ccccc1N2c1ccccc1)B1c2ccccc2N(c2ccccc2)c2cccc(c21)N4c1ccccc1. The van der Waals surface area contributed by atoms with Gasteiger partial charge < -0.3 is 29.1 Å². The fourth-order valence-corrected chi connectivity index (χ4v) is 13.8. The molecular formula is C67H43B3N4O2. The number of nitrogens with zero attached hydrogens (tertiary/aromatic N) is 4. The molecule has 352 valence electrons. The summed E-state index contributed by atoms with van der Waals surface area (Å²) >= 11 is 0. The number of aryl methyl sites for hydroxylation is 1. The second kappa shape index (κ2) is 15.7. The van der Waals surface area contributed by atoms with Crippen LogP contribution in [-0.2, 0) is 0 Å². The highest BCUT2D eigenvalue weighted by Gasteiger charge is 2.49. The van der Waals surface area contributed by atoms with Crippen molar-refractivity contribution in [1.29, 1.82) is 0 Å². The molecule has 17 rings (SSSR count). The van der Waals surface area contributed by atoms with Crippen molar-refractivity contribution in [2.75, 3.05) is 19.6 Å². The molecule has 0 N–H and O–H groups in total. The molecule has 0 bridgehead atoms. The monoisotopic (exact) mass is 968 g/mol. The van der Waals surface area contributed by atoms with Crippen LogP contribution in [0, 0.1) is 6.92 Å². The van der Waals surface area contributed by atoms with E-state index in [1.54, 1.807) is 0 Å². The van der Waals surface area contributed by atoms with Gasteiger partial charge in [0.25, 0.3) is 20.1 Å². The van der Waals surface area contributed by atoms with Crippen LogP contribution in [0.1, 0.15) is 5.56 Å². The number of hydrogen-bond donors (Lipinski definition) is 0. The van der Waals surface area contributed by atoms with Crippen molar-refractivity contribution in [3.05, 3.63) is 248 Å². The summed E-state index contributed by atoms with van der Waals surface area (Å²) < 4.78 is 14.6. The Morgan fingerprint density at radius 2 is 0.566 bits per heavy atom. The fourth-order valence-electron chi connectivity index (χ4n) is 13.8. The highest BCUT2D eigenvalue weighted by molar-refractivity contribution is 7.03. The van der Waals surface area contributed by atoms with Gasteiger partial charge in [-0.15, -0.1) is 0 Å². The fraction of sp³-hybridized carbons (Fsp3) is 0.0149. The maximum Gasteiger partial charge on any atom is 0.260 e.